The zero-order valence-electron chi connectivity index (χ0n) is 15.1. The van der Waals surface area contributed by atoms with Crippen LogP contribution in [0.2, 0.25) is 0 Å². The molecule has 1 unspecified atom stereocenters. The quantitative estimate of drug-likeness (QED) is 0.496. The van der Waals surface area contributed by atoms with Crippen molar-refractivity contribution in [1.82, 2.24) is 5.32 Å². The van der Waals surface area contributed by atoms with Crippen LogP contribution in [0.15, 0.2) is 29.3 Å². The number of guanidine groups is 1. The lowest BCUT2D eigenvalue weighted by Crippen LogP contribution is -2.39. The number of carbonyl (C=O) groups excluding carboxylic acids is 1. The Labute approximate surface area is 149 Å². The Morgan fingerprint density at radius 1 is 1.32 bits per heavy atom. The maximum atomic E-state index is 11.6. The van der Waals surface area contributed by atoms with Gasteiger partial charge < -0.3 is 25.8 Å². The first-order valence-corrected chi connectivity index (χ1v) is 8.75. The Morgan fingerprint density at radius 3 is 2.56 bits per heavy atom. The Bertz CT molecular complexity index is 582. The lowest BCUT2D eigenvalue weighted by molar-refractivity contribution is 0.147. The van der Waals surface area contributed by atoms with Crippen LogP contribution in [0, 0.1) is 5.92 Å². The van der Waals surface area contributed by atoms with Gasteiger partial charge in [0.25, 0.3) is 0 Å². The van der Waals surface area contributed by atoms with E-state index in [2.05, 4.69) is 15.6 Å². The minimum Gasteiger partial charge on any atom is -0.491 e. The fourth-order valence-corrected chi connectivity index (χ4v) is 2.41. The molecule has 0 spiro atoms. The lowest BCUT2D eigenvalue weighted by Gasteiger charge is -2.16. The highest BCUT2D eigenvalue weighted by atomic mass is 16.5. The smallest absolute Gasteiger partial charge is 0.407 e. The number of hydrogen-bond acceptors (Lipinski definition) is 4. The molecular weight excluding hydrogens is 320 g/mol. The molecule has 1 aliphatic rings. The van der Waals surface area contributed by atoms with Gasteiger partial charge in [-0.1, -0.05) is 0 Å². The van der Waals surface area contributed by atoms with Crippen molar-refractivity contribution in [1.29, 1.82) is 0 Å². The van der Waals surface area contributed by atoms with Gasteiger partial charge in [0.1, 0.15) is 5.75 Å². The average Bonchev–Trinajstić information content (AvgIpc) is 3.38. The second kappa shape index (κ2) is 9.15. The van der Waals surface area contributed by atoms with Crippen molar-refractivity contribution in [2.45, 2.75) is 45.8 Å². The van der Waals surface area contributed by atoms with E-state index < -0.39 is 6.09 Å². The molecule has 0 aromatic heterocycles. The second-order valence-electron chi connectivity index (χ2n) is 6.35. The van der Waals surface area contributed by atoms with Crippen LogP contribution < -0.4 is 21.1 Å². The standard InChI is InChI=1S/C18H28N4O3/c1-4-24-18(23)22-16(13-5-6-13)11-20-17(19)21-14-7-9-15(10-8-14)25-12(2)3/h7-10,12-13,16H,4-6,11H2,1-3H3,(H,22,23)(H3,19,20,21). The van der Waals surface area contributed by atoms with Crippen LogP contribution in [0.5, 0.6) is 5.75 Å². The van der Waals surface area contributed by atoms with E-state index in [4.69, 9.17) is 15.2 Å². The summed E-state index contributed by atoms with van der Waals surface area (Å²) in [5, 5.41) is 5.90. The summed E-state index contributed by atoms with van der Waals surface area (Å²) in [5.41, 5.74) is 6.78. The summed E-state index contributed by atoms with van der Waals surface area (Å²) in [4.78, 5) is 15.9. The fraction of sp³-hybridized carbons (Fsp3) is 0.556. The van der Waals surface area contributed by atoms with E-state index >= 15 is 0 Å². The zero-order valence-corrected chi connectivity index (χ0v) is 15.1. The number of anilines is 1. The van der Waals surface area contributed by atoms with E-state index in [9.17, 15) is 4.79 Å². The van der Waals surface area contributed by atoms with Gasteiger partial charge in [-0.05, 0) is 63.8 Å². The van der Waals surface area contributed by atoms with Crippen LogP contribution in [0.25, 0.3) is 0 Å². The largest absolute Gasteiger partial charge is 0.491 e. The molecule has 0 saturated heterocycles. The number of ether oxygens (including phenoxy) is 2. The number of nitrogens with zero attached hydrogens (tertiary/aromatic N) is 1. The van der Waals surface area contributed by atoms with Gasteiger partial charge in [-0.25, -0.2) is 4.79 Å². The SMILES string of the molecule is CCOC(=O)NC(CN=C(N)Nc1ccc(OC(C)C)cc1)C1CC1. The maximum absolute atomic E-state index is 11.6. The predicted octanol–water partition coefficient (Wildman–Crippen LogP) is 2.73. The predicted molar refractivity (Wildman–Crippen MR) is 99.0 cm³/mol. The minimum atomic E-state index is -0.401. The van der Waals surface area contributed by atoms with Crippen molar-refractivity contribution in [2.24, 2.45) is 16.6 Å². The third-order valence-electron chi connectivity index (χ3n) is 3.73. The monoisotopic (exact) mass is 348 g/mol. The van der Waals surface area contributed by atoms with Crippen LogP contribution in [-0.2, 0) is 4.74 Å². The van der Waals surface area contributed by atoms with Gasteiger partial charge in [0.15, 0.2) is 5.96 Å². The summed E-state index contributed by atoms with van der Waals surface area (Å²) in [5.74, 6) is 1.57. The van der Waals surface area contributed by atoms with Crippen molar-refractivity contribution >= 4 is 17.7 Å². The number of amides is 1. The van der Waals surface area contributed by atoms with Gasteiger partial charge in [-0.2, -0.15) is 0 Å². The summed E-state index contributed by atoms with van der Waals surface area (Å²) in [6.45, 7) is 6.53. The average molecular weight is 348 g/mol. The van der Waals surface area contributed by atoms with Crippen LogP contribution in [0.3, 0.4) is 0 Å². The molecule has 4 N–H and O–H groups in total. The number of aliphatic imine (C=N–C) groups is 1. The molecule has 7 heteroatoms. The Balaban J connectivity index is 1.86. The minimum absolute atomic E-state index is 0.0405. The van der Waals surface area contributed by atoms with Crippen molar-refractivity contribution in [3.63, 3.8) is 0 Å². The Kier molecular flexibility index (Phi) is 6.91. The third kappa shape index (κ3) is 6.91. The van der Waals surface area contributed by atoms with E-state index in [1.165, 1.54) is 0 Å². The number of nitrogens with two attached hydrogens (primary N) is 1. The summed E-state index contributed by atoms with van der Waals surface area (Å²) in [6, 6.07) is 7.49. The van der Waals surface area contributed by atoms with Crippen molar-refractivity contribution < 1.29 is 14.3 Å². The number of alkyl carbamates (subject to hydrolysis) is 1. The first-order valence-electron chi connectivity index (χ1n) is 8.75. The molecule has 1 atom stereocenters. The van der Waals surface area contributed by atoms with Crippen LogP contribution in [-0.4, -0.2) is 37.4 Å². The number of hydrogen-bond donors (Lipinski definition) is 3. The van der Waals surface area contributed by atoms with Gasteiger partial charge in [-0.3, -0.25) is 4.99 Å². The first kappa shape index (κ1) is 18.9. The molecule has 1 aliphatic carbocycles. The molecular formula is C18H28N4O3. The van der Waals surface area contributed by atoms with Crippen LogP contribution in [0.1, 0.15) is 33.6 Å². The maximum Gasteiger partial charge on any atom is 0.407 e. The van der Waals surface area contributed by atoms with E-state index in [-0.39, 0.29) is 12.1 Å². The van der Waals surface area contributed by atoms with Crippen LogP contribution >= 0.6 is 0 Å². The molecule has 1 saturated carbocycles. The van der Waals surface area contributed by atoms with Crippen molar-refractivity contribution in [3.8, 4) is 5.75 Å². The molecule has 138 valence electrons. The number of rotatable bonds is 8. The Hall–Kier alpha value is -2.44. The highest BCUT2D eigenvalue weighted by Crippen LogP contribution is 2.32. The first-order chi connectivity index (χ1) is 12.0. The molecule has 1 amide bonds. The fourth-order valence-electron chi connectivity index (χ4n) is 2.41. The molecule has 1 fully saturated rings. The van der Waals surface area contributed by atoms with E-state index in [0.717, 1.165) is 24.3 Å². The molecule has 25 heavy (non-hydrogen) atoms. The van der Waals surface area contributed by atoms with Crippen molar-refractivity contribution in [3.05, 3.63) is 24.3 Å². The van der Waals surface area contributed by atoms with E-state index in [0.29, 0.717) is 25.0 Å². The molecule has 0 heterocycles. The summed E-state index contributed by atoms with van der Waals surface area (Å²) >= 11 is 0. The topological polar surface area (TPSA) is 98.0 Å². The highest BCUT2D eigenvalue weighted by molar-refractivity contribution is 5.92. The molecule has 1 aromatic carbocycles. The van der Waals surface area contributed by atoms with Gasteiger partial charge in [0.05, 0.1) is 25.3 Å². The normalized spacial score (nSPS) is 15.6. The second-order valence-corrected chi connectivity index (χ2v) is 6.35. The van der Waals surface area contributed by atoms with Gasteiger partial charge >= 0.3 is 6.09 Å². The molecule has 0 radical (unpaired) electrons. The van der Waals surface area contributed by atoms with Gasteiger partial charge in [0, 0.05) is 5.69 Å². The molecule has 1 aromatic rings. The lowest BCUT2D eigenvalue weighted by atomic mass is 10.2. The summed E-state index contributed by atoms with van der Waals surface area (Å²) < 4.78 is 10.5. The molecule has 0 bridgehead atoms. The molecule has 0 aliphatic heterocycles. The highest BCUT2D eigenvalue weighted by Gasteiger charge is 2.32. The van der Waals surface area contributed by atoms with E-state index in [1.807, 2.05) is 38.1 Å². The van der Waals surface area contributed by atoms with E-state index in [1.54, 1.807) is 6.92 Å². The Morgan fingerprint density at radius 2 is 2.00 bits per heavy atom. The number of nitrogens with one attached hydrogen (secondary N) is 2. The number of carbonyl (C=O) groups is 1. The molecule has 7 nitrogen and oxygen atoms in total. The summed E-state index contributed by atoms with van der Waals surface area (Å²) in [6.07, 6.45) is 1.92. The molecule has 2 rings (SSSR count). The van der Waals surface area contributed by atoms with Gasteiger partial charge in [-0.15, -0.1) is 0 Å². The summed E-state index contributed by atoms with van der Waals surface area (Å²) in [7, 11) is 0. The third-order valence-corrected chi connectivity index (χ3v) is 3.73. The number of benzene rings is 1. The van der Waals surface area contributed by atoms with Crippen LogP contribution in [0.4, 0.5) is 10.5 Å². The van der Waals surface area contributed by atoms with Gasteiger partial charge in [0.2, 0.25) is 0 Å². The zero-order chi connectivity index (χ0) is 18.2. The van der Waals surface area contributed by atoms with Crippen molar-refractivity contribution in [2.75, 3.05) is 18.5 Å².